The fraction of sp³-hybridized carbons (Fsp3) is 0.562. The van der Waals surface area contributed by atoms with E-state index in [0.717, 1.165) is 43.9 Å². The van der Waals surface area contributed by atoms with Crippen LogP contribution in [0.2, 0.25) is 0 Å². The molecule has 6 heteroatoms. The highest BCUT2D eigenvalue weighted by Gasteiger charge is 2.23. The molecule has 1 fully saturated rings. The molecule has 1 aromatic carbocycles. The van der Waals surface area contributed by atoms with Gasteiger partial charge in [0.15, 0.2) is 0 Å². The van der Waals surface area contributed by atoms with E-state index in [1.807, 2.05) is 24.3 Å². The number of nitrogens with one attached hydrogen (secondary N) is 2. The average Bonchev–Trinajstić information content (AvgIpc) is 3.02. The van der Waals surface area contributed by atoms with Crippen LogP contribution >= 0.6 is 12.4 Å². The standard InChI is InChI=1S/C16H25N3O2.ClH/c1-3-10-19(14-8-9-17-11-14)12-16(20)18-13-4-6-15(21-2)7-5-13;/h4-7,14,17H,3,8-12H2,1-2H3,(H,18,20);1H. The number of anilines is 1. The number of carbonyl (C=O) groups excluding carboxylic acids is 1. The number of amides is 1. The zero-order chi connectivity index (χ0) is 15.1. The van der Waals surface area contributed by atoms with Gasteiger partial charge in [-0.2, -0.15) is 0 Å². The number of hydrogen-bond donors (Lipinski definition) is 2. The van der Waals surface area contributed by atoms with E-state index in [4.69, 9.17) is 4.74 Å². The van der Waals surface area contributed by atoms with E-state index in [0.29, 0.717) is 12.6 Å². The van der Waals surface area contributed by atoms with E-state index in [9.17, 15) is 4.79 Å². The van der Waals surface area contributed by atoms with E-state index in [2.05, 4.69) is 22.5 Å². The maximum atomic E-state index is 12.2. The predicted octanol–water partition coefficient (Wildman–Crippen LogP) is 2.13. The molecule has 0 aliphatic carbocycles. The lowest BCUT2D eigenvalue weighted by Gasteiger charge is -2.27. The van der Waals surface area contributed by atoms with Gasteiger partial charge in [0, 0.05) is 18.3 Å². The first-order valence-corrected chi connectivity index (χ1v) is 7.61. The average molecular weight is 328 g/mol. The lowest BCUT2D eigenvalue weighted by Crippen LogP contribution is -2.42. The van der Waals surface area contributed by atoms with E-state index < -0.39 is 0 Å². The molecule has 2 N–H and O–H groups in total. The molecule has 124 valence electrons. The number of rotatable bonds is 7. The van der Waals surface area contributed by atoms with Gasteiger partial charge in [0.1, 0.15) is 5.75 Å². The largest absolute Gasteiger partial charge is 0.497 e. The second kappa shape index (κ2) is 9.66. The summed E-state index contributed by atoms with van der Waals surface area (Å²) in [5, 5.41) is 6.31. The van der Waals surface area contributed by atoms with Gasteiger partial charge in [0.2, 0.25) is 5.91 Å². The summed E-state index contributed by atoms with van der Waals surface area (Å²) in [5.41, 5.74) is 0.807. The molecular weight excluding hydrogens is 302 g/mol. The normalized spacial score (nSPS) is 17.1. The summed E-state index contributed by atoms with van der Waals surface area (Å²) >= 11 is 0. The van der Waals surface area contributed by atoms with Crippen LogP contribution in [0.3, 0.4) is 0 Å². The fourth-order valence-electron chi connectivity index (χ4n) is 2.69. The summed E-state index contributed by atoms with van der Waals surface area (Å²) in [7, 11) is 1.63. The van der Waals surface area contributed by atoms with Crippen molar-refractivity contribution in [2.24, 2.45) is 0 Å². The maximum Gasteiger partial charge on any atom is 0.238 e. The summed E-state index contributed by atoms with van der Waals surface area (Å²) in [4.78, 5) is 14.5. The second-order valence-electron chi connectivity index (χ2n) is 5.39. The first-order chi connectivity index (χ1) is 10.2. The molecule has 1 aliphatic rings. The number of ether oxygens (including phenoxy) is 1. The van der Waals surface area contributed by atoms with Crippen molar-refractivity contribution in [2.45, 2.75) is 25.8 Å². The molecule has 5 nitrogen and oxygen atoms in total. The smallest absolute Gasteiger partial charge is 0.238 e. The fourth-order valence-corrected chi connectivity index (χ4v) is 2.69. The second-order valence-corrected chi connectivity index (χ2v) is 5.39. The van der Waals surface area contributed by atoms with Crippen LogP contribution in [0.1, 0.15) is 19.8 Å². The minimum absolute atomic E-state index is 0. The SMILES string of the molecule is CCCN(CC(=O)Nc1ccc(OC)cc1)C1CCNC1.Cl. The van der Waals surface area contributed by atoms with Crippen molar-refractivity contribution >= 4 is 24.0 Å². The molecule has 0 aromatic heterocycles. The molecule has 22 heavy (non-hydrogen) atoms. The molecule has 0 saturated carbocycles. The molecular formula is C16H26ClN3O2. The van der Waals surface area contributed by atoms with Crippen molar-refractivity contribution in [1.29, 1.82) is 0 Å². The van der Waals surface area contributed by atoms with Crippen LogP contribution in [-0.4, -0.2) is 50.1 Å². The number of methoxy groups -OCH3 is 1. The molecule has 1 aliphatic heterocycles. The van der Waals surface area contributed by atoms with Gasteiger partial charge in [-0.3, -0.25) is 9.69 Å². The zero-order valence-electron chi connectivity index (χ0n) is 13.3. The van der Waals surface area contributed by atoms with Crippen molar-refractivity contribution in [3.05, 3.63) is 24.3 Å². The highest BCUT2D eigenvalue weighted by molar-refractivity contribution is 5.92. The first kappa shape index (κ1) is 18.7. The molecule has 1 aromatic rings. The van der Waals surface area contributed by atoms with Gasteiger partial charge in [0.05, 0.1) is 13.7 Å². The Bertz CT molecular complexity index is 447. The van der Waals surface area contributed by atoms with E-state index >= 15 is 0 Å². The van der Waals surface area contributed by atoms with Gasteiger partial charge >= 0.3 is 0 Å². The van der Waals surface area contributed by atoms with Crippen LogP contribution in [-0.2, 0) is 4.79 Å². The molecule has 1 unspecified atom stereocenters. The quantitative estimate of drug-likeness (QED) is 0.805. The first-order valence-electron chi connectivity index (χ1n) is 7.61. The molecule has 0 radical (unpaired) electrons. The highest BCUT2D eigenvalue weighted by Crippen LogP contribution is 2.15. The van der Waals surface area contributed by atoms with Crippen LogP contribution in [0.4, 0.5) is 5.69 Å². The van der Waals surface area contributed by atoms with Crippen molar-refractivity contribution in [3.63, 3.8) is 0 Å². The zero-order valence-corrected chi connectivity index (χ0v) is 14.1. The van der Waals surface area contributed by atoms with Gasteiger partial charge in [-0.05, 0) is 50.2 Å². The molecule has 1 heterocycles. The van der Waals surface area contributed by atoms with Crippen molar-refractivity contribution < 1.29 is 9.53 Å². The van der Waals surface area contributed by atoms with Crippen molar-refractivity contribution in [2.75, 3.05) is 38.6 Å². The molecule has 2 rings (SSSR count). The summed E-state index contributed by atoms with van der Waals surface area (Å²) in [6, 6.07) is 7.89. The number of benzene rings is 1. The molecule has 0 bridgehead atoms. The lowest BCUT2D eigenvalue weighted by atomic mass is 10.2. The topological polar surface area (TPSA) is 53.6 Å². The molecule has 0 spiro atoms. The Labute approximate surface area is 138 Å². The number of hydrogen-bond acceptors (Lipinski definition) is 4. The Morgan fingerprint density at radius 2 is 2.14 bits per heavy atom. The highest BCUT2D eigenvalue weighted by atomic mass is 35.5. The van der Waals surface area contributed by atoms with E-state index in [-0.39, 0.29) is 18.3 Å². The van der Waals surface area contributed by atoms with Crippen LogP contribution in [0.25, 0.3) is 0 Å². The van der Waals surface area contributed by atoms with E-state index in [1.54, 1.807) is 7.11 Å². The van der Waals surface area contributed by atoms with Gasteiger partial charge in [0.25, 0.3) is 0 Å². The third kappa shape index (κ3) is 5.48. The van der Waals surface area contributed by atoms with Gasteiger partial charge < -0.3 is 15.4 Å². The Kier molecular flexibility index (Phi) is 8.24. The predicted molar refractivity (Wildman–Crippen MR) is 92.0 cm³/mol. The summed E-state index contributed by atoms with van der Waals surface area (Å²) < 4.78 is 5.11. The third-order valence-electron chi connectivity index (χ3n) is 3.78. The van der Waals surface area contributed by atoms with Crippen molar-refractivity contribution in [1.82, 2.24) is 10.2 Å². The van der Waals surface area contributed by atoms with E-state index in [1.165, 1.54) is 0 Å². The minimum atomic E-state index is 0. The van der Waals surface area contributed by atoms with Crippen molar-refractivity contribution in [3.8, 4) is 5.75 Å². The Balaban J connectivity index is 0.00000242. The number of nitrogens with zero attached hydrogens (tertiary/aromatic N) is 1. The van der Waals surface area contributed by atoms with Crippen LogP contribution in [0.5, 0.6) is 5.75 Å². The van der Waals surface area contributed by atoms with Crippen LogP contribution < -0.4 is 15.4 Å². The number of halogens is 1. The summed E-state index contributed by atoms with van der Waals surface area (Å²) in [6.45, 7) is 5.59. The van der Waals surface area contributed by atoms with Crippen LogP contribution in [0.15, 0.2) is 24.3 Å². The molecule has 1 amide bonds. The Morgan fingerprint density at radius 1 is 1.41 bits per heavy atom. The minimum Gasteiger partial charge on any atom is -0.497 e. The Hall–Kier alpha value is -1.30. The maximum absolute atomic E-state index is 12.2. The lowest BCUT2D eigenvalue weighted by molar-refractivity contribution is -0.117. The third-order valence-corrected chi connectivity index (χ3v) is 3.78. The summed E-state index contributed by atoms with van der Waals surface area (Å²) in [5.74, 6) is 0.832. The number of carbonyl (C=O) groups is 1. The van der Waals surface area contributed by atoms with Gasteiger partial charge in [-0.25, -0.2) is 0 Å². The van der Waals surface area contributed by atoms with Crippen LogP contribution in [0, 0.1) is 0 Å². The summed E-state index contributed by atoms with van der Waals surface area (Å²) in [6.07, 6.45) is 2.18. The Morgan fingerprint density at radius 3 is 2.68 bits per heavy atom. The molecule has 1 atom stereocenters. The molecule has 1 saturated heterocycles. The monoisotopic (exact) mass is 327 g/mol. The van der Waals surface area contributed by atoms with Gasteiger partial charge in [-0.1, -0.05) is 6.92 Å². The van der Waals surface area contributed by atoms with Gasteiger partial charge in [-0.15, -0.1) is 12.4 Å².